The Morgan fingerprint density at radius 1 is 0.419 bits per heavy atom. The summed E-state index contributed by atoms with van der Waals surface area (Å²) in [5.74, 6) is 4.35. The number of aromatic hydroxyl groups is 1. The monoisotopic (exact) mass is 2110 g/mol. The molecule has 10 N–H and O–H groups in total. The number of alkyl halides is 1. The van der Waals surface area contributed by atoms with Gasteiger partial charge in [0.05, 0.1) is 55.8 Å². The predicted molar refractivity (Wildman–Crippen MR) is 524 cm³/mol. The second-order valence-corrected chi connectivity index (χ2v) is 30.2. The van der Waals surface area contributed by atoms with Gasteiger partial charge in [-0.05, 0) is 163 Å². The van der Waals surface area contributed by atoms with Crippen molar-refractivity contribution in [2.45, 2.75) is 53.8 Å². The van der Waals surface area contributed by atoms with Crippen molar-refractivity contribution in [1.29, 1.82) is 0 Å². The van der Waals surface area contributed by atoms with Gasteiger partial charge in [-0.25, -0.2) is 39.9 Å². The van der Waals surface area contributed by atoms with Crippen LogP contribution in [-0.2, 0) is 51.5 Å². The summed E-state index contributed by atoms with van der Waals surface area (Å²) in [5, 5.41) is 38.6. The van der Waals surface area contributed by atoms with E-state index in [4.69, 9.17) is 62.7 Å². The third-order valence-corrected chi connectivity index (χ3v) is 19.4. The van der Waals surface area contributed by atoms with Crippen LogP contribution in [0, 0.1) is 0 Å². The van der Waals surface area contributed by atoms with E-state index >= 15 is 0 Å². The minimum atomic E-state index is -0.181. The molecule has 0 saturated carbocycles. The Morgan fingerprint density at radius 3 is 1.10 bits per heavy atom. The Hall–Kier alpha value is -11.2. The van der Waals surface area contributed by atoms with Gasteiger partial charge < -0.3 is 83.3 Å². The molecule has 4 aromatic heterocycles. The number of phenolic OH excluding ortho intramolecular Hbond substituents is 1. The van der Waals surface area contributed by atoms with Crippen LogP contribution in [0.5, 0.6) is 23.0 Å². The molecule has 0 unspecified atom stereocenters. The summed E-state index contributed by atoms with van der Waals surface area (Å²) >= 11 is 11.3. The maximum atomic E-state index is 11.2. The minimum absolute atomic E-state index is 0. The van der Waals surface area contributed by atoms with E-state index in [1.165, 1.54) is 27.7 Å². The van der Waals surface area contributed by atoms with E-state index in [1.807, 2.05) is 249 Å². The van der Waals surface area contributed by atoms with Gasteiger partial charge in [0.2, 0.25) is 46.8 Å². The number of carbonyl (C=O) groups is 5. The van der Waals surface area contributed by atoms with Crippen LogP contribution in [0.2, 0.25) is 5.28 Å². The number of nitrogens with two attached hydrogens (primary N) is 1. The van der Waals surface area contributed by atoms with E-state index in [-0.39, 0.29) is 180 Å². The molecule has 136 heavy (non-hydrogen) atoms. The van der Waals surface area contributed by atoms with E-state index in [0.717, 1.165) is 198 Å². The van der Waals surface area contributed by atoms with Crippen LogP contribution in [0.3, 0.4) is 0 Å². The third kappa shape index (κ3) is 42.6. The first-order chi connectivity index (χ1) is 65.2. The van der Waals surface area contributed by atoms with Gasteiger partial charge in [0.25, 0.3) is 6.47 Å². The van der Waals surface area contributed by atoms with Crippen molar-refractivity contribution >= 4 is 117 Å². The van der Waals surface area contributed by atoms with Crippen LogP contribution >= 0.6 is 23.2 Å². The van der Waals surface area contributed by atoms with Crippen LogP contribution in [0.4, 0.5) is 63.3 Å². The first-order valence-electron chi connectivity index (χ1n) is 42.8. The van der Waals surface area contributed by atoms with Gasteiger partial charge >= 0.3 is 138 Å². The number of aromatic nitrogens is 8. The van der Waals surface area contributed by atoms with Gasteiger partial charge in [0.1, 0.15) is 36.2 Å². The fraction of sp³-hybridized carbons (Fsp3) is 0.198. The molecular formula is C101H106Cl2Cs2N18O13. The maximum absolute atomic E-state index is 11.2. The molecule has 2 saturated heterocycles. The summed E-state index contributed by atoms with van der Waals surface area (Å²) in [6.07, 6.45) is 8.77. The molecule has 4 amide bonds. The van der Waals surface area contributed by atoms with Gasteiger partial charge in [-0.15, -0.1) is 11.6 Å². The molecule has 0 spiro atoms. The largest absolute Gasteiger partial charge is 1.00 e. The molecular weight excluding hydrogens is 2010 g/mol. The second kappa shape index (κ2) is 62.5. The van der Waals surface area contributed by atoms with Crippen LogP contribution in [0.25, 0.3) is 45.0 Å². The van der Waals surface area contributed by atoms with Gasteiger partial charge in [0, 0.05) is 183 Å². The molecule has 694 valence electrons. The van der Waals surface area contributed by atoms with Gasteiger partial charge in [0.15, 0.2) is 0 Å². The smallest absolute Gasteiger partial charge is 1.00 e. The van der Waals surface area contributed by atoms with E-state index in [9.17, 15) is 24.3 Å². The molecule has 16 rings (SSSR count). The van der Waals surface area contributed by atoms with Crippen LogP contribution < -0.4 is 200 Å². The Balaban J connectivity index is 0.000000229. The Kier molecular flexibility index (Phi) is 50.6. The number of halogens is 2. The topological polar surface area (TPSA) is 404 Å². The molecule has 0 atom stereocenters. The van der Waals surface area contributed by atoms with Crippen molar-refractivity contribution in [2.24, 2.45) is 0 Å². The summed E-state index contributed by atoms with van der Waals surface area (Å²) < 4.78 is 28.0. The zero-order chi connectivity index (χ0) is 94.7. The predicted octanol–water partition coefficient (Wildman–Crippen LogP) is 12.0. The van der Waals surface area contributed by atoms with Crippen molar-refractivity contribution in [3.05, 3.63) is 320 Å². The molecule has 14 aromatic rings. The summed E-state index contributed by atoms with van der Waals surface area (Å²) in [4.78, 5) is 94.8. The number of nitrogens with zero attached hydrogens (tertiary/aromatic N) is 10. The number of ether oxygens (including phenoxy) is 5. The first kappa shape index (κ1) is 110. The van der Waals surface area contributed by atoms with Gasteiger partial charge in [-0.3, -0.25) is 33.8 Å². The number of hydrogen-bond acceptors (Lipinski definition) is 27. The van der Waals surface area contributed by atoms with Crippen LogP contribution in [0.15, 0.2) is 304 Å². The van der Waals surface area contributed by atoms with Crippen molar-refractivity contribution < 1.29 is 202 Å². The number of nitrogen functional groups attached to an aromatic ring is 1. The molecule has 0 bridgehead atoms. The number of rotatable bonds is 29. The van der Waals surface area contributed by atoms with E-state index in [2.05, 4.69) is 91.8 Å². The number of phenols is 1. The number of anilines is 11. The average Bonchev–Trinajstić information content (AvgIpc) is 0.875. The Morgan fingerprint density at radius 2 is 0.750 bits per heavy atom. The van der Waals surface area contributed by atoms with Crippen LogP contribution in [-0.4, -0.2) is 163 Å². The van der Waals surface area contributed by atoms with Crippen molar-refractivity contribution in [3.8, 4) is 68.0 Å². The molecule has 2 aliphatic rings. The van der Waals surface area contributed by atoms with E-state index < -0.39 is 0 Å². The van der Waals surface area contributed by atoms with E-state index in [1.54, 1.807) is 55.1 Å². The molecule has 0 radical (unpaired) electrons. The molecule has 35 heteroatoms. The standard InChI is InChI=1S/C25H29N5O3.C25H22N4O2.C18H16N4O2.C13H13NO.C12H10ClN3O.C7H14ClNO.CH2O3.2Cs.H/c1-19(31)27-21-8-6-20(7-9-21)24-10-11-26-25(29-24)28-22-4-2-5-23(18-22)33-15-3-12-30-13-16-32-17-14-30;1-18(30)27-21-12-10-20(11-13-21)24-14-15-26-25(29-24)28-22-8-5-9-23(16-22)31-17-19-6-3-2-4-7-19;1-12(23)20-14-7-5-13(6-8-14)17-9-10-19-18(22-17)21-15-3-2-4-16(24)11-15;14-12-7-4-8-13(9-12)15-10-11-5-2-1-3-6-11;1-8(17)15-10-4-2-9(3-5-10)11-6-7-14-12(13)16-11;8-2-1-3-9-4-6-10-7-5-9;2-1-4-3;;;/h2,4-11,18H,3,12-17H2,1H3,(H,27,31)(H,26,28,29);2-16H,17H2,1H3,(H,27,30)(H,26,28,29);2-11,24H,1H3,(H,20,23)(H,19,21,22);1-9H,10,14H2;2-7H,1H3,(H,15,17);1-7H2;1,3H;;;/q;;;;;;;2*+1;-1/p-1. The fourth-order valence-corrected chi connectivity index (χ4v) is 13.0. The first-order valence-corrected chi connectivity index (χ1v) is 43.7. The summed E-state index contributed by atoms with van der Waals surface area (Å²) in [7, 11) is 0. The minimum Gasteiger partial charge on any atom is -1.00 e. The number of benzene rings is 10. The molecule has 0 aliphatic carbocycles. The molecule has 10 aromatic carbocycles. The Bertz CT molecular complexity index is 5950. The molecule has 2 fully saturated rings. The zero-order valence-corrected chi connectivity index (χ0v) is 90.5. The van der Waals surface area contributed by atoms with Crippen molar-refractivity contribution in [1.82, 2.24) is 49.7 Å². The SMILES string of the molecule is CC(=O)Nc1ccc(-c2ccnc(Cl)n2)cc1.CC(=O)Nc1ccc(-c2ccnc(Nc3cccc(O)c3)n2)cc1.CC(=O)Nc1ccc(-c2ccnc(Nc3cccc(OCCCN4CCOCC4)c3)n2)cc1.CC(=O)Nc1ccc(-c2ccnc(Nc3cccc(OCc4ccccc4)c3)n2)cc1.ClCCCN1CCOCC1.Nc1cccc(OCc2ccccc2)c1.O=CO[O-].[Cs+].[Cs+].[H-]. The third-order valence-electron chi connectivity index (χ3n) is 19.0. The summed E-state index contributed by atoms with van der Waals surface area (Å²) in [5.41, 5.74) is 20.8. The molecule has 6 heterocycles. The molecule has 2 aliphatic heterocycles. The average molecular weight is 2120 g/mol. The zero-order valence-electron chi connectivity index (χ0n) is 77.4. The summed E-state index contributed by atoms with van der Waals surface area (Å²) in [6.45, 7) is 17.2. The summed E-state index contributed by atoms with van der Waals surface area (Å²) in [6, 6.07) is 86.9. The Labute approximate surface area is 919 Å². The van der Waals surface area contributed by atoms with Gasteiger partial charge in [-0.1, -0.05) is 133 Å². The van der Waals surface area contributed by atoms with E-state index in [0.29, 0.717) is 43.4 Å². The second-order valence-electron chi connectivity index (χ2n) is 29.5. The van der Waals surface area contributed by atoms with Crippen molar-refractivity contribution in [3.63, 3.8) is 0 Å². The quantitative estimate of drug-likeness (QED) is 0.00400. The number of morpholine rings is 2. The van der Waals surface area contributed by atoms with Gasteiger partial charge in [-0.2, -0.15) is 0 Å². The number of amides is 4. The number of hydrogen-bond donors (Lipinski definition) is 9. The normalized spacial score (nSPS) is 11.6. The van der Waals surface area contributed by atoms with Crippen molar-refractivity contribution in [2.75, 3.05) is 121 Å². The number of nitrogens with one attached hydrogen (secondary N) is 7. The van der Waals surface area contributed by atoms with Crippen LogP contribution in [0.1, 0.15) is 53.1 Å². The number of carbonyl (C=O) groups excluding carboxylic acids is 5. The fourth-order valence-electron chi connectivity index (χ4n) is 12.7. The molecule has 31 nitrogen and oxygen atoms in total. The maximum Gasteiger partial charge on any atom is 1.00 e.